The van der Waals surface area contributed by atoms with Crippen molar-refractivity contribution in [1.82, 2.24) is 0 Å². The van der Waals surface area contributed by atoms with E-state index < -0.39 is 26.7 Å². The van der Waals surface area contributed by atoms with Crippen molar-refractivity contribution in [2.24, 2.45) is 20.5 Å². The Morgan fingerprint density at radius 2 is 1.18 bits per heavy atom. The van der Waals surface area contributed by atoms with Crippen LogP contribution in [0.25, 0.3) is 21.9 Å². The molecule has 212 valence electrons. The topological polar surface area (TPSA) is 208 Å². The number of nitrogen functional groups attached to an aromatic ring is 1. The number of phenolic OH excluding ortho intramolecular Hbond substituents is 1. The van der Waals surface area contributed by atoms with E-state index in [9.17, 15) is 28.0 Å². The Morgan fingerprint density at radius 3 is 1.73 bits per heavy atom. The van der Waals surface area contributed by atoms with E-state index in [1.54, 1.807) is 24.3 Å². The van der Waals surface area contributed by atoms with Gasteiger partial charge in [-0.1, -0.05) is 30.3 Å². The van der Waals surface area contributed by atoms with Gasteiger partial charge in [-0.3, -0.25) is 4.55 Å². The maximum absolute atomic E-state index is 11.5. The van der Waals surface area contributed by atoms with Gasteiger partial charge in [0.15, 0.2) is 0 Å². The Kier molecular flexibility index (Phi) is 11.4. The van der Waals surface area contributed by atoms with Crippen LogP contribution in [0, 0.1) is 0 Å². The van der Waals surface area contributed by atoms with Crippen LogP contribution < -0.4 is 5.73 Å². The largest absolute Gasteiger partial charge is 0.507 e. The molecule has 0 fully saturated rings. The standard InChI is InChI=1S/C29H21N5O7S.2Na/c30-24-11-5-18-13-22(42(39,40)41)15-26(36)27(18)28(24)34-32-20-8-3-17(4-9-20)16-1-6-19(7-2-16)31-33-21-10-12-25(35)23(14-21)29(37)38;;/h1-15,35-36H,30H2,(H,37,38)(H,39,40,41);;. The molecule has 0 spiro atoms. The molecule has 6 N–H and O–H groups in total. The van der Waals surface area contributed by atoms with Crippen LogP contribution in [0.1, 0.15) is 10.4 Å². The molecule has 5 aromatic carbocycles. The molecule has 0 amide bonds. The van der Waals surface area contributed by atoms with Crippen LogP contribution in [0.5, 0.6) is 11.5 Å². The van der Waals surface area contributed by atoms with Gasteiger partial charge in [0.25, 0.3) is 10.1 Å². The minimum Gasteiger partial charge on any atom is -0.507 e. The number of fused-ring (bicyclic) bond motifs is 1. The molecule has 0 bridgehead atoms. The normalized spacial score (nSPS) is 11.4. The molecule has 0 aliphatic carbocycles. The van der Waals surface area contributed by atoms with Crippen LogP contribution in [0.3, 0.4) is 0 Å². The number of phenols is 2. The Morgan fingerprint density at radius 1 is 0.659 bits per heavy atom. The summed E-state index contributed by atoms with van der Waals surface area (Å²) in [6.07, 6.45) is 0. The van der Waals surface area contributed by atoms with Crippen LogP contribution in [0.15, 0.2) is 116 Å². The van der Waals surface area contributed by atoms with Gasteiger partial charge in [-0.05, 0) is 71.1 Å². The van der Waals surface area contributed by atoms with E-state index in [0.717, 1.165) is 17.2 Å². The third kappa shape index (κ3) is 7.88. The zero-order valence-corrected chi connectivity index (χ0v) is 28.3. The van der Waals surface area contributed by atoms with Crippen molar-refractivity contribution >= 4 is 114 Å². The van der Waals surface area contributed by atoms with Gasteiger partial charge in [0, 0.05) is 65.2 Å². The van der Waals surface area contributed by atoms with E-state index in [1.807, 2.05) is 24.3 Å². The molecule has 15 heteroatoms. The maximum Gasteiger partial charge on any atom is 0.339 e. The quantitative estimate of drug-likeness (QED) is 0.0578. The minimum atomic E-state index is -4.53. The van der Waals surface area contributed by atoms with Crippen molar-refractivity contribution in [1.29, 1.82) is 0 Å². The van der Waals surface area contributed by atoms with Crippen molar-refractivity contribution in [3.05, 3.63) is 96.6 Å². The molecule has 0 aliphatic rings. The summed E-state index contributed by atoms with van der Waals surface area (Å²) in [6, 6.07) is 23.3. The molecule has 0 unspecified atom stereocenters. The summed E-state index contributed by atoms with van der Waals surface area (Å²) in [5, 5.41) is 46.2. The summed E-state index contributed by atoms with van der Waals surface area (Å²) in [5.41, 5.74) is 9.21. The van der Waals surface area contributed by atoms with Crippen molar-refractivity contribution in [2.75, 3.05) is 5.73 Å². The summed E-state index contributed by atoms with van der Waals surface area (Å²) in [4.78, 5) is 10.7. The summed E-state index contributed by atoms with van der Waals surface area (Å²) in [5.74, 6) is -2.05. The van der Waals surface area contributed by atoms with Crippen LogP contribution in [0.4, 0.5) is 28.4 Å². The van der Waals surface area contributed by atoms with Gasteiger partial charge in [-0.2, -0.15) is 23.8 Å². The molecule has 0 saturated heterocycles. The number of nitrogens with zero attached hydrogens (tertiary/aromatic N) is 4. The Hall–Kier alpha value is -3.66. The number of carbonyl (C=O) groups is 1. The van der Waals surface area contributed by atoms with Gasteiger partial charge in [-0.25, -0.2) is 4.79 Å². The van der Waals surface area contributed by atoms with Crippen LogP contribution in [-0.4, -0.2) is 93.4 Å². The maximum atomic E-state index is 11.5. The molecular formula is C29H21N5Na2O7S. The summed E-state index contributed by atoms with van der Waals surface area (Å²) >= 11 is 0. The number of anilines is 1. The van der Waals surface area contributed by atoms with Crippen LogP contribution >= 0.6 is 0 Å². The smallest absolute Gasteiger partial charge is 0.339 e. The van der Waals surface area contributed by atoms with Gasteiger partial charge >= 0.3 is 5.97 Å². The second kappa shape index (κ2) is 14.4. The Bertz CT molecular complexity index is 2020. The third-order valence-corrected chi connectivity index (χ3v) is 7.03. The molecule has 2 radical (unpaired) electrons. The number of carboxylic acid groups (broad SMARTS) is 1. The zero-order chi connectivity index (χ0) is 30.0. The molecule has 0 heterocycles. The number of nitrogens with two attached hydrogens (primary N) is 1. The van der Waals surface area contributed by atoms with Crippen molar-refractivity contribution in [2.45, 2.75) is 4.90 Å². The predicted octanol–water partition coefficient (Wildman–Crippen LogP) is 6.51. The van der Waals surface area contributed by atoms with Gasteiger partial charge in [-0.15, -0.1) is 5.11 Å². The van der Waals surface area contributed by atoms with Crippen molar-refractivity contribution in [3.8, 4) is 22.6 Å². The van der Waals surface area contributed by atoms with Gasteiger partial charge in [0.2, 0.25) is 0 Å². The van der Waals surface area contributed by atoms with E-state index in [-0.39, 0.29) is 92.9 Å². The number of carboxylic acids is 1. The summed E-state index contributed by atoms with van der Waals surface area (Å²) in [6.45, 7) is 0. The fourth-order valence-electron chi connectivity index (χ4n) is 4.09. The molecule has 0 aromatic heterocycles. The van der Waals surface area contributed by atoms with Gasteiger partial charge in [0.1, 0.15) is 22.7 Å². The van der Waals surface area contributed by atoms with E-state index >= 15 is 0 Å². The van der Waals surface area contributed by atoms with Gasteiger partial charge < -0.3 is 21.1 Å². The van der Waals surface area contributed by atoms with E-state index in [4.69, 9.17) is 10.8 Å². The second-order valence-electron chi connectivity index (χ2n) is 9.02. The average Bonchev–Trinajstić information content (AvgIpc) is 2.96. The molecule has 5 aromatic rings. The Balaban J connectivity index is 0.00000264. The molecule has 5 rings (SSSR count). The summed E-state index contributed by atoms with van der Waals surface area (Å²) < 4.78 is 32.3. The fraction of sp³-hybridized carbons (Fsp3) is 0. The number of aromatic carboxylic acids is 1. The fourth-order valence-corrected chi connectivity index (χ4v) is 4.63. The number of azo groups is 2. The molecule has 0 atom stereocenters. The number of aromatic hydroxyl groups is 2. The number of hydrogen-bond acceptors (Lipinski definition) is 10. The van der Waals surface area contributed by atoms with Crippen LogP contribution in [-0.2, 0) is 10.1 Å². The third-order valence-electron chi connectivity index (χ3n) is 6.20. The van der Waals surface area contributed by atoms with Crippen molar-refractivity contribution in [3.63, 3.8) is 0 Å². The van der Waals surface area contributed by atoms with E-state index in [2.05, 4.69) is 20.5 Å². The van der Waals surface area contributed by atoms with Crippen molar-refractivity contribution < 1.29 is 33.1 Å². The molecule has 0 aliphatic heterocycles. The molecule has 44 heavy (non-hydrogen) atoms. The van der Waals surface area contributed by atoms with Gasteiger partial charge in [0.05, 0.1) is 33.0 Å². The first-order valence-electron chi connectivity index (χ1n) is 12.1. The second-order valence-corrected chi connectivity index (χ2v) is 10.4. The monoisotopic (exact) mass is 629 g/mol. The van der Waals surface area contributed by atoms with E-state index in [0.29, 0.717) is 16.8 Å². The zero-order valence-electron chi connectivity index (χ0n) is 23.4. The SMILES string of the molecule is Nc1ccc2cc(S(=O)(=O)O)cc(O)c2c1N=Nc1ccc(-c2ccc(N=Nc3ccc(O)c(C(=O)O)c3)cc2)cc1.[Na].[Na]. The molecular weight excluding hydrogens is 608 g/mol. The average molecular weight is 630 g/mol. The minimum absolute atomic E-state index is 0. The Labute approximate surface area is 295 Å². The summed E-state index contributed by atoms with van der Waals surface area (Å²) in [7, 11) is -4.53. The first kappa shape index (κ1) is 34.8. The number of rotatable bonds is 7. The van der Waals surface area contributed by atoms with Crippen LogP contribution in [0.2, 0.25) is 0 Å². The predicted molar refractivity (Wildman–Crippen MR) is 167 cm³/mol. The first-order valence-corrected chi connectivity index (χ1v) is 13.6. The number of benzene rings is 5. The van der Waals surface area contributed by atoms with E-state index in [1.165, 1.54) is 36.4 Å². The first-order chi connectivity index (χ1) is 20.0. The number of hydrogen-bond donors (Lipinski definition) is 5. The molecule has 12 nitrogen and oxygen atoms in total. The molecule has 0 saturated carbocycles.